The second kappa shape index (κ2) is 5.66. The molecule has 21 heavy (non-hydrogen) atoms. The van der Waals surface area contributed by atoms with Crippen LogP contribution in [0.1, 0.15) is 25.5 Å². The van der Waals surface area contributed by atoms with Gasteiger partial charge < -0.3 is 10.3 Å². The molecule has 0 fully saturated rings. The second-order valence-electron chi connectivity index (χ2n) is 5.48. The summed E-state index contributed by atoms with van der Waals surface area (Å²) in [5.74, 6) is 0.970. The fourth-order valence-electron chi connectivity index (χ4n) is 2.66. The van der Waals surface area contributed by atoms with Crippen molar-refractivity contribution in [2.24, 2.45) is 5.73 Å². The van der Waals surface area contributed by atoms with E-state index in [1.54, 1.807) is 0 Å². The Morgan fingerprint density at radius 3 is 2.81 bits per heavy atom. The molecule has 3 rings (SSSR count). The molecule has 0 aliphatic rings. The highest BCUT2D eigenvalue weighted by Gasteiger charge is 2.15. The fourth-order valence-corrected chi connectivity index (χ4v) is 2.66. The van der Waals surface area contributed by atoms with Crippen molar-refractivity contribution >= 4 is 11.2 Å². The van der Waals surface area contributed by atoms with Crippen molar-refractivity contribution in [2.75, 3.05) is 6.54 Å². The van der Waals surface area contributed by atoms with Gasteiger partial charge in [0.25, 0.3) is 0 Å². The number of hydrogen-bond donors (Lipinski definition) is 1. The van der Waals surface area contributed by atoms with Gasteiger partial charge in [0.2, 0.25) is 0 Å². The summed E-state index contributed by atoms with van der Waals surface area (Å²) in [4.78, 5) is 9.26. The van der Waals surface area contributed by atoms with Crippen LogP contribution in [0.15, 0.2) is 42.6 Å². The third-order valence-electron chi connectivity index (χ3n) is 3.58. The molecule has 1 aromatic carbocycles. The molecule has 0 spiro atoms. The van der Waals surface area contributed by atoms with Crippen molar-refractivity contribution in [3.8, 4) is 11.4 Å². The monoisotopic (exact) mass is 280 g/mol. The molecule has 0 aliphatic heterocycles. The number of rotatable bonds is 4. The Morgan fingerprint density at radius 1 is 1.19 bits per heavy atom. The Hall–Kier alpha value is -2.20. The van der Waals surface area contributed by atoms with E-state index in [1.807, 2.05) is 18.3 Å². The lowest BCUT2D eigenvalue weighted by Gasteiger charge is -2.13. The number of fused-ring (bicyclic) bond motifs is 1. The predicted molar refractivity (Wildman–Crippen MR) is 86.1 cm³/mol. The number of imidazole rings is 1. The fraction of sp³-hybridized carbons (Fsp3) is 0.294. The van der Waals surface area contributed by atoms with Gasteiger partial charge in [-0.15, -0.1) is 0 Å². The molecular formula is C17H20N4. The van der Waals surface area contributed by atoms with Crippen LogP contribution in [0.3, 0.4) is 0 Å². The van der Waals surface area contributed by atoms with Crippen molar-refractivity contribution in [1.82, 2.24) is 14.5 Å². The third-order valence-corrected chi connectivity index (χ3v) is 3.58. The van der Waals surface area contributed by atoms with E-state index in [0.717, 1.165) is 29.0 Å². The van der Waals surface area contributed by atoms with Gasteiger partial charge in [-0.3, -0.25) is 0 Å². The van der Waals surface area contributed by atoms with E-state index in [1.165, 1.54) is 5.56 Å². The lowest BCUT2D eigenvalue weighted by molar-refractivity contribution is 0.619. The molecule has 4 nitrogen and oxygen atoms in total. The number of aromatic nitrogens is 3. The van der Waals surface area contributed by atoms with Crippen LogP contribution in [0.4, 0.5) is 0 Å². The summed E-state index contributed by atoms with van der Waals surface area (Å²) >= 11 is 0. The molecule has 108 valence electrons. The number of nitrogens with two attached hydrogens (primary N) is 1. The standard InChI is InChI=1S/C17H20N4/c1-12(2)21-16(20-15-7-4-10-19-17(15)21)14-6-3-5-13(11-14)8-9-18/h3-7,10-12H,8-9,18H2,1-2H3. The summed E-state index contributed by atoms with van der Waals surface area (Å²) in [7, 11) is 0. The van der Waals surface area contributed by atoms with E-state index in [0.29, 0.717) is 12.6 Å². The van der Waals surface area contributed by atoms with Crippen LogP contribution in [-0.4, -0.2) is 21.1 Å². The zero-order valence-electron chi connectivity index (χ0n) is 12.5. The molecule has 2 N–H and O–H groups in total. The zero-order chi connectivity index (χ0) is 14.8. The van der Waals surface area contributed by atoms with Crippen LogP contribution >= 0.6 is 0 Å². The Balaban J connectivity index is 2.19. The first-order valence-corrected chi connectivity index (χ1v) is 7.33. The summed E-state index contributed by atoms with van der Waals surface area (Å²) < 4.78 is 2.19. The molecule has 4 heteroatoms. The van der Waals surface area contributed by atoms with Crippen LogP contribution < -0.4 is 5.73 Å². The Morgan fingerprint density at radius 2 is 2.05 bits per heavy atom. The highest BCUT2D eigenvalue weighted by Crippen LogP contribution is 2.27. The van der Waals surface area contributed by atoms with Crippen molar-refractivity contribution in [3.63, 3.8) is 0 Å². The van der Waals surface area contributed by atoms with E-state index in [-0.39, 0.29) is 0 Å². The maximum atomic E-state index is 5.66. The summed E-state index contributed by atoms with van der Waals surface area (Å²) in [5.41, 5.74) is 9.89. The molecule has 0 aliphatic carbocycles. The van der Waals surface area contributed by atoms with Crippen LogP contribution in [0.5, 0.6) is 0 Å². The summed E-state index contributed by atoms with van der Waals surface area (Å²) in [6.07, 6.45) is 2.70. The second-order valence-corrected chi connectivity index (χ2v) is 5.48. The first-order chi connectivity index (χ1) is 10.2. The van der Waals surface area contributed by atoms with E-state index in [9.17, 15) is 0 Å². The Kier molecular flexibility index (Phi) is 3.71. The molecule has 0 bridgehead atoms. The van der Waals surface area contributed by atoms with Gasteiger partial charge in [0.05, 0.1) is 0 Å². The number of benzene rings is 1. The summed E-state index contributed by atoms with van der Waals surface area (Å²) in [5, 5.41) is 0. The van der Waals surface area contributed by atoms with E-state index < -0.39 is 0 Å². The van der Waals surface area contributed by atoms with Crippen LogP contribution in [-0.2, 0) is 6.42 Å². The van der Waals surface area contributed by atoms with Crippen LogP contribution in [0, 0.1) is 0 Å². The molecule has 2 heterocycles. The highest BCUT2D eigenvalue weighted by molar-refractivity contribution is 5.77. The van der Waals surface area contributed by atoms with Crippen LogP contribution in [0.2, 0.25) is 0 Å². The Bertz CT molecular complexity index is 758. The van der Waals surface area contributed by atoms with Gasteiger partial charge in [-0.25, -0.2) is 9.97 Å². The zero-order valence-corrected chi connectivity index (χ0v) is 12.5. The van der Waals surface area contributed by atoms with Crippen molar-refractivity contribution < 1.29 is 0 Å². The lowest BCUT2D eigenvalue weighted by atomic mass is 10.1. The first kappa shape index (κ1) is 13.8. The van der Waals surface area contributed by atoms with Crippen LogP contribution in [0.25, 0.3) is 22.6 Å². The van der Waals surface area contributed by atoms with Gasteiger partial charge in [0.1, 0.15) is 11.3 Å². The topological polar surface area (TPSA) is 56.7 Å². The maximum Gasteiger partial charge on any atom is 0.160 e. The molecule has 0 atom stereocenters. The number of hydrogen-bond acceptors (Lipinski definition) is 3. The largest absolute Gasteiger partial charge is 0.330 e. The van der Waals surface area contributed by atoms with Gasteiger partial charge >= 0.3 is 0 Å². The minimum Gasteiger partial charge on any atom is -0.330 e. The first-order valence-electron chi connectivity index (χ1n) is 7.33. The van der Waals surface area contributed by atoms with Crippen molar-refractivity contribution in [1.29, 1.82) is 0 Å². The number of nitrogens with zero attached hydrogens (tertiary/aromatic N) is 3. The highest BCUT2D eigenvalue weighted by atomic mass is 15.1. The minimum atomic E-state index is 0.304. The Labute approximate surface area is 124 Å². The average molecular weight is 280 g/mol. The molecule has 0 saturated carbocycles. The maximum absolute atomic E-state index is 5.66. The van der Waals surface area contributed by atoms with Gasteiger partial charge in [-0.1, -0.05) is 18.2 Å². The lowest BCUT2D eigenvalue weighted by Crippen LogP contribution is -2.05. The molecule has 0 saturated heterocycles. The molecule has 0 amide bonds. The quantitative estimate of drug-likeness (QED) is 0.798. The van der Waals surface area contributed by atoms with Gasteiger partial charge in [0, 0.05) is 17.8 Å². The predicted octanol–water partition coefficient (Wildman–Crippen LogP) is 3.18. The van der Waals surface area contributed by atoms with Gasteiger partial charge in [-0.2, -0.15) is 0 Å². The SMILES string of the molecule is CC(C)n1c(-c2cccc(CCN)c2)nc2cccnc21. The molecular weight excluding hydrogens is 260 g/mol. The van der Waals surface area contributed by atoms with Crippen molar-refractivity contribution in [2.45, 2.75) is 26.3 Å². The smallest absolute Gasteiger partial charge is 0.160 e. The van der Waals surface area contributed by atoms with Gasteiger partial charge in [-0.05, 0) is 50.6 Å². The minimum absolute atomic E-state index is 0.304. The molecule has 2 aromatic heterocycles. The van der Waals surface area contributed by atoms with E-state index in [4.69, 9.17) is 10.7 Å². The molecule has 0 unspecified atom stereocenters. The van der Waals surface area contributed by atoms with E-state index >= 15 is 0 Å². The third kappa shape index (κ3) is 2.54. The average Bonchev–Trinajstić information content (AvgIpc) is 2.87. The normalized spacial score (nSPS) is 11.4. The molecule has 3 aromatic rings. The van der Waals surface area contributed by atoms with E-state index in [2.05, 4.69) is 47.7 Å². The number of pyridine rings is 1. The van der Waals surface area contributed by atoms with Gasteiger partial charge in [0.15, 0.2) is 5.65 Å². The molecule has 0 radical (unpaired) electrons. The summed E-state index contributed by atoms with van der Waals surface area (Å²) in [6, 6.07) is 12.7. The van der Waals surface area contributed by atoms with Crippen molar-refractivity contribution in [3.05, 3.63) is 48.2 Å². The summed E-state index contributed by atoms with van der Waals surface area (Å²) in [6.45, 7) is 4.97.